The Labute approximate surface area is 106 Å². The van der Waals surface area contributed by atoms with Gasteiger partial charge in [0.2, 0.25) is 0 Å². The maximum atomic E-state index is 6.14. The third-order valence-corrected chi connectivity index (χ3v) is 4.20. The second-order valence-electron chi connectivity index (χ2n) is 4.78. The number of hydrogen-bond donors (Lipinski definition) is 1. The van der Waals surface area contributed by atoms with E-state index in [4.69, 9.17) is 5.73 Å². The minimum absolute atomic E-state index is 0.413. The van der Waals surface area contributed by atoms with Crippen molar-refractivity contribution in [1.29, 1.82) is 0 Å². The highest BCUT2D eigenvalue weighted by Crippen LogP contribution is 2.38. The van der Waals surface area contributed by atoms with Gasteiger partial charge in [-0.25, -0.2) is 0 Å². The molecular formula is C13H19N3S. The molecule has 1 unspecified atom stereocenters. The standard InChI is InChI=1S/C13H19N3S/c1-8(2)9(3)12-11(10-6-5-7-17-10)13(14)16(4)15-12/h5-9H,14H2,1-4H3. The molecule has 1 atom stereocenters. The van der Waals surface area contributed by atoms with Crippen LogP contribution in [0, 0.1) is 5.92 Å². The Hall–Kier alpha value is -1.29. The van der Waals surface area contributed by atoms with E-state index in [2.05, 4.69) is 43.4 Å². The lowest BCUT2D eigenvalue weighted by atomic mass is 9.92. The first-order chi connectivity index (χ1) is 8.02. The predicted molar refractivity (Wildman–Crippen MR) is 74.2 cm³/mol. The van der Waals surface area contributed by atoms with E-state index in [-0.39, 0.29) is 0 Å². The Balaban J connectivity index is 2.57. The topological polar surface area (TPSA) is 43.8 Å². The fourth-order valence-corrected chi connectivity index (χ4v) is 2.65. The summed E-state index contributed by atoms with van der Waals surface area (Å²) in [6, 6.07) is 4.16. The second kappa shape index (κ2) is 4.53. The molecule has 0 aliphatic carbocycles. The van der Waals surface area contributed by atoms with Gasteiger partial charge < -0.3 is 5.73 Å². The Morgan fingerprint density at radius 3 is 2.59 bits per heavy atom. The van der Waals surface area contributed by atoms with Crippen LogP contribution in [-0.4, -0.2) is 9.78 Å². The summed E-state index contributed by atoms with van der Waals surface area (Å²) in [6.45, 7) is 6.64. The van der Waals surface area contributed by atoms with Crippen LogP contribution in [0.4, 0.5) is 5.82 Å². The van der Waals surface area contributed by atoms with Gasteiger partial charge in [-0.2, -0.15) is 5.10 Å². The third kappa shape index (κ3) is 2.09. The van der Waals surface area contributed by atoms with Crippen molar-refractivity contribution in [2.24, 2.45) is 13.0 Å². The molecule has 0 bridgehead atoms. The summed E-state index contributed by atoms with van der Waals surface area (Å²) in [7, 11) is 1.91. The molecule has 0 fully saturated rings. The Morgan fingerprint density at radius 1 is 1.35 bits per heavy atom. The second-order valence-corrected chi connectivity index (χ2v) is 5.73. The molecule has 92 valence electrons. The first-order valence-corrected chi connectivity index (χ1v) is 6.76. The first kappa shape index (κ1) is 12.2. The summed E-state index contributed by atoms with van der Waals surface area (Å²) in [5.41, 5.74) is 8.37. The van der Waals surface area contributed by atoms with Gasteiger partial charge in [0, 0.05) is 17.8 Å². The molecule has 0 amide bonds. The molecule has 2 rings (SSSR count). The fraction of sp³-hybridized carbons (Fsp3) is 0.462. The SMILES string of the molecule is CC(C)C(C)c1nn(C)c(N)c1-c1cccs1. The van der Waals surface area contributed by atoms with Crippen molar-refractivity contribution in [3.63, 3.8) is 0 Å². The van der Waals surface area contributed by atoms with E-state index in [0.29, 0.717) is 11.8 Å². The van der Waals surface area contributed by atoms with Crippen molar-refractivity contribution < 1.29 is 0 Å². The van der Waals surface area contributed by atoms with Crippen LogP contribution in [0.15, 0.2) is 17.5 Å². The van der Waals surface area contributed by atoms with Crippen molar-refractivity contribution in [1.82, 2.24) is 9.78 Å². The number of thiophene rings is 1. The zero-order chi connectivity index (χ0) is 12.6. The molecule has 2 aromatic rings. The van der Waals surface area contributed by atoms with Gasteiger partial charge in [-0.1, -0.05) is 26.8 Å². The van der Waals surface area contributed by atoms with E-state index < -0.39 is 0 Å². The minimum atomic E-state index is 0.413. The first-order valence-electron chi connectivity index (χ1n) is 5.88. The average molecular weight is 249 g/mol. The fourth-order valence-electron chi connectivity index (χ4n) is 1.87. The van der Waals surface area contributed by atoms with E-state index in [1.54, 1.807) is 16.0 Å². The predicted octanol–water partition coefficient (Wildman–Crippen LogP) is 3.49. The molecule has 3 nitrogen and oxygen atoms in total. The van der Waals surface area contributed by atoms with Gasteiger partial charge in [-0.15, -0.1) is 11.3 Å². The van der Waals surface area contributed by atoms with Crippen molar-refractivity contribution in [2.75, 3.05) is 5.73 Å². The Morgan fingerprint density at radius 2 is 2.06 bits per heavy atom. The molecule has 2 heterocycles. The van der Waals surface area contributed by atoms with Gasteiger partial charge in [0.15, 0.2) is 0 Å². The number of nitrogens with zero attached hydrogens (tertiary/aromatic N) is 2. The lowest BCUT2D eigenvalue weighted by molar-refractivity contribution is 0.517. The van der Waals surface area contributed by atoms with Gasteiger partial charge >= 0.3 is 0 Å². The van der Waals surface area contributed by atoms with Crippen LogP contribution in [0.2, 0.25) is 0 Å². The zero-order valence-electron chi connectivity index (χ0n) is 10.8. The van der Waals surface area contributed by atoms with E-state index in [1.165, 1.54) is 4.88 Å². The molecule has 17 heavy (non-hydrogen) atoms. The quantitative estimate of drug-likeness (QED) is 0.905. The average Bonchev–Trinajstić information content (AvgIpc) is 2.87. The number of hydrogen-bond acceptors (Lipinski definition) is 3. The summed E-state index contributed by atoms with van der Waals surface area (Å²) in [4.78, 5) is 1.21. The summed E-state index contributed by atoms with van der Waals surface area (Å²) < 4.78 is 1.78. The highest BCUT2D eigenvalue weighted by Gasteiger charge is 2.22. The van der Waals surface area contributed by atoms with Gasteiger partial charge in [0.25, 0.3) is 0 Å². The summed E-state index contributed by atoms with van der Waals surface area (Å²) in [5.74, 6) is 1.73. The van der Waals surface area contributed by atoms with Crippen LogP contribution in [0.5, 0.6) is 0 Å². The normalized spacial score (nSPS) is 13.2. The van der Waals surface area contributed by atoms with E-state index in [1.807, 2.05) is 7.05 Å². The molecule has 0 aliphatic heterocycles. The van der Waals surface area contributed by atoms with E-state index in [0.717, 1.165) is 17.1 Å². The molecule has 4 heteroatoms. The summed E-state index contributed by atoms with van der Waals surface area (Å²) in [6.07, 6.45) is 0. The van der Waals surface area contributed by atoms with Crippen LogP contribution in [-0.2, 0) is 7.05 Å². The van der Waals surface area contributed by atoms with Crippen molar-refractivity contribution >= 4 is 17.2 Å². The van der Waals surface area contributed by atoms with Gasteiger partial charge in [0.05, 0.1) is 11.3 Å². The monoisotopic (exact) mass is 249 g/mol. The number of nitrogen functional groups attached to an aromatic ring is 1. The molecule has 0 saturated heterocycles. The maximum Gasteiger partial charge on any atom is 0.130 e. The molecular weight excluding hydrogens is 230 g/mol. The minimum Gasteiger partial charge on any atom is -0.383 e. The smallest absolute Gasteiger partial charge is 0.130 e. The number of aromatic nitrogens is 2. The van der Waals surface area contributed by atoms with Gasteiger partial charge in [-0.05, 0) is 17.4 Å². The van der Waals surface area contributed by atoms with Crippen LogP contribution < -0.4 is 5.73 Å². The van der Waals surface area contributed by atoms with Crippen molar-refractivity contribution in [3.8, 4) is 10.4 Å². The number of nitrogens with two attached hydrogens (primary N) is 1. The number of anilines is 1. The van der Waals surface area contributed by atoms with E-state index in [9.17, 15) is 0 Å². The summed E-state index contributed by atoms with van der Waals surface area (Å²) in [5, 5.41) is 6.66. The molecule has 0 aromatic carbocycles. The molecule has 0 aliphatic rings. The van der Waals surface area contributed by atoms with Gasteiger partial charge in [-0.3, -0.25) is 4.68 Å². The lowest BCUT2D eigenvalue weighted by Gasteiger charge is -2.14. The lowest BCUT2D eigenvalue weighted by Crippen LogP contribution is -2.04. The number of rotatable bonds is 3. The molecule has 0 spiro atoms. The number of aryl methyl sites for hydroxylation is 1. The Bertz CT molecular complexity index is 497. The summed E-state index contributed by atoms with van der Waals surface area (Å²) >= 11 is 1.71. The van der Waals surface area contributed by atoms with Crippen molar-refractivity contribution in [3.05, 3.63) is 23.2 Å². The van der Waals surface area contributed by atoms with E-state index >= 15 is 0 Å². The highest BCUT2D eigenvalue weighted by molar-refractivity contribution is 7.13. The molecule has 0 saturated carbocycles. The highest BCUT2D eigenvalue weighted by atomic mass is 32.1. The Kier molecular flexibility index (Phi) is 3.24. The molecule has 2 N–H and O–H groups in total. The van der Waals surface area contributed by atoms with Crippen LogP contribution >= 0.6 is 11.3 Å². The van der Waals surface area contributed by atoms with Crippen molar-refractivity contribution in [2.45, 2.75) is 26.7 Å². The zero-order valence-corrected chi connectivity index (χ0v) is 11.6. The van der Waals surface area contributed by atoms with Crippen LogP contribution in [0.3, 0.4) is 0 Å². The van der Waals surface area contributed by atoms with Gasteiger partial charge in [0.1, 0.15) is 5.82 Å². The maximum absolute atomic E-state index is 6.14. The third-order valence-electron chi connectivity index (χ3n) is 3.32. The van der Waals surface area contributed by atoms with Crippen LogP contribution in [0.1, 0.15) is 32.4 Å². The molecule has 0 radical (unpaired) electrons. The molecule has 2 aromatic heterocycles. The largest absolute Gasteiger partial charge is 0.383 e. The van der Waals surface area contributed by atoms with Crippen LogP contribution in [0.25, 0.3) is 10.4 Å².